The van der Waals surface area contributed by atoms with Gasteiger partial charge in [-0.05, 0) is 18.6 Å². The van der Waals surface area contributed by atoms with E-state index in [4.69, 9.17) is 4.74 Å². The van der Waals surface area contributed by atoms with E-state index in [1.165, 1.54) is 23.1 Å². The van der Waals surface area contributed by atoms with Crippen LogP contribution in [0.15, 0.2) is 42.6 Å². The van der Waals surface area contributed by atoms with E-state index in [0.717, 1.165) is 16.1 Å². The molecule has 1 aromatic carbocycles. The molecule has 0 fully saturated rings. The molecule has 0 aliphatic rings. The van der Waals surface area contributed by atoms with Gasteiger partial charge in [-0.1, -0.05) is 41.7 Å². The van der Waals surface area contributed by atoms with Gasteiger partial charge in [0.1, 0.15) is 0 Å². The summed E-state index contributed by atoms with van der Waals surface area (Å²) in [5, 5.41) is 4.96. The van der Waals surface area contributed by atoms with Crippen LogP contribution in [-0.4, -0.2) is 27.8 Å². The Morgan fingerprint density at radius 2 is 2.05 bits per heavy atom. The van der Waals surface area contributed by atoms with Gasteiger partial charge >= 0.3 is 5.97 Å². The van der Waals surface area contributed by atoms with Crippen LogP contribution in [0.1, 0.15) is 16.2 Å². The van der Waals surface area contributed by atoms with Crippen molar-refractivity contribution in [2.75, 3.05) is 7.11 Å². The molecule has 0 unspecified atom stereocenters. The number of carbonyl (C=O) groups is 1. The average molecular weight is 299 g/mol. The van der Waals surface area contributed by atoms with Gasteiger partial charge in [-0.25, -0.2) is 9.78 Å². The van der Waals surface area contributed by atoms with E-state index >= 15 is 0 Å². The third-order valence-electron chi connectivity index (χ3n) is 2.96. The maximum atomic E-state index is 11.8. The molecule has 21 heavy (non-hydrogen) atoms. The van der Waals surface area contributed by atoms with E-state index in [-0.39, 0.29) is 0 Å². The van der Waals surface area contributed by atoms with Gasteiger partial charge in [0.25, 0.3) is 0 Å². The van der Waals surface area contributed by atoms with Gasteiger partial charge in [0.15, 0.2) is 5.69 Å². The molecule has 0 spiro atoms. The first-order chi connectivity index (χ1) is 10.2. The van der Waals surface area contributed by atoms with Crippen molar-refractivity contribution < 1.29 is 9.53 Å². The van der Waals surface area contributed by atoms with Gasteiger partial charge in [0, 0.05) is 6.20 Å². The molecule has 0 N–H and O–H groups in total. The minimum absolute atomic E-state index is 0.379. The summed E-state index contributed by atoms with van der Waals surface area (Å²) < 4.78 is 6.31. The predicted octanol–water partition coefficient (Wildman–Crippen LogP) is 3.09. The summed E-state index contributed by atoms with van der Waals surface area (Å²) in [6, 6.07) is 11.7. The first kappa shape index (κ1) is 13.5. The van der Waals surface area contributed by atoms with Gasteiger partial charge in [-0.3, -0.25) is 0 Å². The van der Waals surface area contributed by atoms with E-state index < -0.39 is 5.97 Å². The zero-order valence-corrected chi connectivity index (χ0v) is 12.4. The third kappa shape index (κ3) is 2.57. The second kappa shape index (κ2) is 5.49. The number of thiazole rings is 1. The molecular weight excluding hydrogens is 286 g/mol. The molecule has 2 heterocycles. The fourth-order valence-corrected chi connectivity index (χ4v) is 2.88. The lowest BCUT2D eigenvalue weighted by Gasteiger charge is -2.01. The Bertz CT molecular complexity index is 777. The minimum Gasteiger partial charge on any atom is -0.464 e. The van der Waals surface area contributed by atoms with Crippen LogP contribution >= 0.6 is 11.3 Å². The number of methoxy groups -OCH3 is 1. The Balaban J connectivity index is 2.03. The summed E-state index contributed by atoms with van der Waals surface area (Å²) in [6.07, 6.45) is 1.79. The summed E-state index contributed by atoms with van der Waals surface area (Å²) in [7, 11) is 1.35. The molecule has 106 valence electrons. The van der Waals surface area contributed by atoms with Gasteiger partial charge < -0.3 is 4.74 Å². The topological polar surface area (TPSA) is 57.0 Å². The number of ether oxygens (including phenoxy) is 1. The highest BCUT2D eigenvalue weighted by Gasteiger charge is 2.18. The van der Waals surface area contributed by atoms with Crippen LogP contribution in [0.25, 0.3) is 15.6 Å². The highest BCUT2D eigenvalue weighted by molar-refractivity contribution is 7.17. The van der Waals surface area contributed by atoms with Crippen molar-refractivity contribution in [3.8, 4) is 15.6 Å². The Morgan fingerprint density at radius 3 is 2.76 bits per heavy atom. The molecule has 0 atom stereocenters. The second-order valence-corrected chi connectivity index (χ2v) is 5.46. The van der Waals surface area contributed by atoms with Crippen LogP contribution in [-0.2, 0) is 4.74 Å². The quantitative estimate of drug-likeness (QED) is 0.697. The molecular formula is C15H13N3O2S. The normalized spacial score (nSPS) is 10.6. The highest BCUT2D eigenvalue weighted by atomic mass is 32.1. The smallest absolute Gasteiger partial charge is 0.356 e. The van der Waals surface area contributed by atoms with Gasteiger partial charge in [-0.15, -0.1) is 0 Å². The van der Waals surface area contributed by atoms with Gasteiger partial charge in [0.2, 0.25) is 5.13 Å². The molecule has 3 rings (SSSR count). The van der Waals surface area contributed by atoms with Crippen LogP contribution in [0.2, 0.25) is 0 Å². The number of hydrogen-bond acceptors (Lipinski definition) is 5. The van der Waals surface area contributed by atoms with Crippen LogP contribution in [0.5, 0.6) is 0 Å². The molecule has 0 saturated heterocycles. The largest absolute Gasteiger partial charge is 0.464 e. The summed E-state index contributed by atoms with van der Waals surface area (Å²) in [5.41, 5.74) is 2.21. The van der Waals surface area contributed by atoms with E-state index in [9.17, 15) is 4.79 Å². The number of hydrogen-bond donors (Lipinski definition) is 0. The average Bonchev–Trinajstić information content (AvgIpc) is 3.13. The van der Waals surface area contributed by atoms with E-state index in [0.29, 0.717) is 10.8 Å². The monoisotopic (exact) mass is 299 g/mol. The molecule has 0 saturated carbocycles. The number of aryl methyl sites for hydroxylation is 1. The van der Waals surface area contributed by atoms with Crippen molar-refractivity contribution in [2.45, 2.75) is 6.92 Å². The molecule has 0 radical (unpaired) electrons. The third-order valence-corrected chi connectivity index (χ3v) is 3.98. The lowest BCUT2D eigenvalue weighted by atomic mass is 10.2. The minimum atomic E-state index is -0.424. The molecule has 0 aliphatic heterocycles. The Hall–Kier alpha value is -2.47. The number of aromatic nitrogens is 3. The van der Waals surface area contributed by atoms with E-state index in [1.54, 1.807) is 12.3 Å². The van der Waals surface area contributed by atoms with Crippen LogP contribution < -0.4 is 0 Å². The maximum absolute atomic E-state index is 11.8. The van der Waals surface area contributed by atoms with E-state index in [2.05, 4.69) is 10.1 Å². The summed E-state index contributed by atoms with van der Waals surface area (Å²) in [4.78, 5) is 17.2. The number of carbonyl (C=O) groups excluding carboxylic acids is 1. The van der Waals surface area contributed by atoms with Crippen LogP contribution in [0, 0.1) is 6.92 Å². The number of esters is 1. The Labute approximate surface area is 125 Å². The fourth-order valence-electron chi connectivity index (χ4n) is 1.99. The summed E-state index contributed by atoms with van der Waals surface area (Å²) in [5.74, 6) is -0.424. The van der Waals surface area contributed by atoms with Gasteiger partial charge in [0.05, 0.1) is 17.7 Å². The molecule has 0 aliphatic carbocycles. The van der Waals surface area contributed by atoms with Crippen molar-refractivity contribution in [1.82, 2.24) is 14.8 Å². The Morgan fingerprint density at radius 1 is 1.29 bits per heavy atom. The molecule has 0 amide bonds. The van der Waals surface area contributed by atoms with Crippen LogP contribution in [0.3, 0.4) is 0 Å². The van der Waals surface area contributed by atoms with Crippen molar-refractivity contribution >= 4 is 17.3 Å². The summed E-state index contributed by atoms with van der Waals surface area (Å²) in [6.45, 7) is 1.83. The van der Waals surface area contributed by atoms with Crippen molar-refractivity contribution in [1.29, 1.82) is 0 Å². The Kier molecular flexibility index (Phi) is 3.53. The molecule has 0 bridgehead atoms. The van der Waals surface area contributed by atoms with Crippen molar-refractivity contribution in [3.05, 3.63) is 54.0 Å². The molecule has 5 nitrogen and oxygen atoms in total. The standard InChI is InChI=1S/C15H13N3O2S/c1-10-8-12(14(19)20-2)18(17-10)15-16-9-13(21-15)11-6-4-3-5-7-11/h3-9H,1-2H3. The lowest BCUT2D eigenvalue weighted by Crippen LogP contribution is -2.09. The number of rotatable bonds is 3. The van der Waals surface area contributed by atoms with E-state index in [1.807, 2.05) is 37.3 Å². The van der Waals surface area contributed by atoms with Crippen molar-refractivity contribution in [3.63, 3.8) is 0 Å². The predicted molar refractivity (Wildman–Crippen MR) is 80.7 cm³/mol. The number of nitrogens with zero attached hydrogens (tertiary/aromatic N) is 3. The first-order valence-corrected chi connectivity index (χ1v) is 7.17. The zero-order valence-electron chi connectivity index (χ0n) is 11.6. The zero-order chi connectivity index (χ0) is 14.8. The van der Waals surface area contributed by atoms with Crippen molar-refractivity contribution in [2.24, 2.45) is 0 Å². The first-order valence-electron chi connectivity index (χ1n) is 6.35. The van der Waals surface area contributed by atoms with Crippen LogP contribution in [0.4, 0.5) is 0 Å². The van der Waals surface area contributed by atoms with Gasteiger partial charge in [-0.2, -0.15) is 9.78 Å². The summed E-state index contributed by atoms with van der Waals surface area (Å²) >= 11 is 1.48. The highest BCUT2D eigenvalue weighted by Crippen LogP contribution is 2.28. The lowest BCUT2D eigenvalue weighted by molar-refractivity contribution is 0.0590. The maximum Gasteiger partial charge on any atom is 0.356 e. The number of benzene rings is 1. The molecule has 2 aromatic heterocycles. The molecule has 3 aromatic rings. The second-order valence-electron chi connectivity index (χ2n) is 4.45. The fraction of sp³-hybridized carbons (Fsp3) is 0.133. The SMILES string of the molecule is COC(=O)c1cc(C)nn1-c1ncc(-c2ccccc2)s1. The molecule has 6 heteroatoms.